The summed E-state index contributed by atoms with van der Waals surface area (Å²) in [6, 6.07) is 14.3. The van der Waals surface area contributed by atoms with Crippen molar-refractivity contribution in [2.24, 2.45) is 0 Å². The van der Waals surface area contributed by atoms with Crippen LogP contribution in [0.3, 0.4) is 0 Å². The molecule has 184 valence electrons. The number of anilines is 1. The minimum atomic E-state index is -4.82. The number of amides is 1. The molecule has 0 bridgehead atoms. The SMILES string of the molecule is CC(OC(=O)c1ccc(S(=O)(=O)C(F)F)cc1)C(=O)Nc1ccc2c(c1)C(=O)c1ccccc1C2=O. The first-order chi connectivity index (χ1) is 17.0. The Morgan fingerprint density at radius 3 is 1.97 bits per heavy atom. The van der Waals surface area contributed by atoms with Crippen LogP contribution in [0.1, 0.15) is 49.1 Å². The summed E-state index contributed by atoms with van der Waals surface area (Å²) >= 11 is 0. The molecule has 0 saturated heterocycles. The van der Waals surface area contributed by atoms with Gasteiger partial charge in [-0.15, -0.1) is 0 Å². The van der Waals surface area contributed by atoms with Gasteiger partial charge in [-0.1, -0.05) is 24.3 Å². The van der Waals surface area contributed by atoms with E-state index in [9.17, 15) is 36.4 Å². The Bertz CT molecular complexity index is 1520. The van der Waals surface area contributed by atoms with Gasteiger partial charge in [0, 0.05) is 27.9 Å². The number of carbonyl (C=O) groups is 4. The lowest BCUT2D eigenvalue weighted by molar-refractivity contribution is -0.123. The van der Waals surface area contributed by atoms with E-state index in [0.717, 1.165) is 24.3 Å². The van der Waals surface area contributed by atoms with E-state index in [-0.39, 0.29) is 39.5 Å². The molecule has 4 rings (SSSR count). The first-order valence-electron chi connectivity index (χ1n) is 10.5. The van der Waals surface area contributed by atoms with E-state index in [1.807, 2.05) is 0 Å². The Labute approximate surface area is 203 Å². The van der Waals surface area contributed by atoms with Gasteiger partial charge in [-0.3, -0.25) is 14.4 Å². The predicted octanol–water partition coefficient (Wildman–Crippen LogP) is 3.64. The topological polar surface area (TPSA) is 124 Å². The van der Waals surface area contributed by atoms with Crippen molar-refractivity contribution >= 4 is 39.0 Å². The first kappa shape index (κ1) is 24.9. The summed E-state index contributed by atoms with van der Waals surface area (Å²) in [5.41, 5.74) is 0.928. The average Bonchev–Trinajstić information content (AvgIpc) is 2.87. The van der Waals surface area contributed by atoms with Crippen LogP contribution < -0.4 is 5.32 Å². The van der Waals surface area contributed by atoms with Crippen LogP contribution in [0.25, 0.3) is 0 Å². The Hall–Kier alpha value is -4.25. The molecule has 0 aliphatic heterocycles. The average molecular weight is 513 g/mol. The van der Waals surface area contributed by atoms with Gasteiger partial charge < -0.3 is 10.1 Å². The van der Waals surface area contributed by atoms with E-state index in [0.29, 0.717) is 5.56 Å². The number of ketones is 2. The van der Waals surface area contributed by atoms with Crippen molar-refractivity contribution in [2.45, 2.75) is 23.7 Å². The van der Waals surface area contributed by atoms with E-state index in [1.54, 1.807) is 24.3 Å². The molecule has 0 heterocycles. The van der Waals surface area contributed by atoms with Crippen molar-refractivity contribution in [3.63, 3.8) is 0 Å². The van der Waals surface area contributed by atoms with Crippen molar-refractivity contribution in [2.75, 3.05) is 5.32 Å². The Morgan fingerprint density at radius 1 is 0.833 bits per heavy atom. The number of benzene rings is 3. The monoisotopic (exact) mass is 513 g/mol. The predicted molar refractivity (Wildman–Crippen MR) is 123 cm³/mol. The summed E-state index contributed by atoms with van der Waals surface area (Å²) in [5.74, 6) is -6.01. The van der Waals surface area contributed by atoms with Crippen LogP contribution in [0.4, 0.5) is 14.5 Å². The van der Waals surface area contributed by atoms with Gasteiger partial charge in [0.15, 0.2) is 17.7 Å². The molecule has 0 saturated carbocycles. The summed E-state index contributed by atoms with van der Waals surface area (Å²) in [6.45, 7) is 1.28. The second-order valence-electron chi connectivity index (χ2n) is 7.83. The van der Waals surface area contributed by atoms with E-state index in [1.165, 1.54) is 25.1 Å². The van der Waals surface area contributed by atoms with Gasteiger partial charge in [-0.25, -0.2) is 13.2 Å². The molecular weight excluding hydrogens is 496 g/mol. The highest BCUT2D eigenvalue weighted by Crippen LogP contribution is 2.29. The number of sulfone groups is 1. The highest BCUT2D eigenvalue weighted by molar-refractivity contribution is 7.91. The maximum absolute atomic E-state index is 12.8. The second-order valence-corrected chi connectivity index (χ2v) is 9.75. The number of alkyl halides is 2. The van der Waals surface area contributed by atoms with Crippen molar-refractivity contribution in [3.05, 3.63) is 94.5 Å². The maximum Gasteiger partial charge on any atom is 0.341 e. The molecule has 1 unspecified atom stereocenters. The van der Waals surface area contributed by atoms with Crippen LogP contribution >= 0.6 is 0 Å². The van der Waals surface area contributed by atoms with Crippen LogP contribution in [0, 0.1) is 0 Å². The molecule has 1 aliphatic rings. The molecule has 0 spiro atoms. The quantitative estimate of drug-likeness (QED) is 0.391. The van der Waals surface area contributed by atoms with E-state index in [2.05, 4.69) is 5.32 Å². The lowest BCUT2D eigenvalue weighted by atomic mass is 9.84. The van der Waals surface area contributed by atoms with Crippen molar-refractivity contribution in [1.82, 2.24) is 0 Å². The van der Waals surface area contributed by atoms with Crippen LogP contribution in [0.2, 0.25) is 0 Å². The number of rotatable bonds is 6. The molecule has 0 aromatic heterocycles. The lowest BCUT2D eigenvalue weighted by Crippen LogP contribution is -2.30. The molecule has 0 radical (unpaired) electrons. The van der Waals surface area contributed by atoms with Gasteiger partial charge in [0.25, 0.3) is 5.91 Å². The number of hydrogen-bond acceptors (Lipinski definition) is 7. The third kappa shape index (κ3) is 4.52. The van der Waals surface area contributed by atoms with E-state index >= 15 is 0 Å². The van der Waals surface area contributed by atoms with Crippen LogP contribution in [-0.4, -0.2) is 43.7 Å². The number of esters is 1. The molecule has 36 heavy (non-hydrogen) atoms. The number of hydrogen-bond donors (Lipinski definition) is 1. The first-order valence-corrected chi connectivity index (χ1v) is 12.0. The molecule has 0 fully saturated rings. The zero-order valence-electron chi connectivity index (χ0n) is 18.5. The summed E-state index contributed by atoms with van der Waals surface area (Å²) in [5, 5.41) is 2.51. The zero-order chi connectivity index (χ0) is 26.2. The fraction of sp³-hybridized carbons (Fsp3) is 0.120. The minimum absolute atomic E-state index is 0.125. The van der Waals surface area contributed by atoms with E-state index < -0.39 is 38.5 Å². The Morgan fingerprint density at radius 2 is 1.39 bits per heavy atom. The van der Waals surface area contributed by atoms with Gasteiger partial charge in [0.05, 0.1) is 10.5 Å². The normalized spacial score (nSPS) is 13.6. The fourth-order valence-corrected chi connectivity index (χ4v) is 4.31. The molecule has 3 aromatic rings. The third-order valence-corrected chi connectivity index (χ3v) is 6.90. The molecule has 1 atom stereocenters. The second kappa shape index (κ2) is 9.42. The number of nitrogens with one attached hydrogen (secondary N) is 1. The smallest absolute Gasteiger partial charge is 0.341 e. The number of halogens is 2. The maximum atomic E-state index is 12.8. The summed E-state index contributed by atoms with van der Waals surface area (Å²) in [7, 11) is -4.82. The summed E-state index contributed by atoms with van der Waals surface area (Å²) < 4.78 is 53.3. The van der Waals surface area contributed by atoms with Crippen molar-refractivity contribution < 1.29 is 41.1 Å². The highest BCUT2D eigenvalue weighted by atomic mass is 32.2. The molecule has 1 aliphatic carbocycles. The number of ether oxygens (including phenoxy) is 1. The largest absolute Gasteiger partial charge is 0.449 e. The van der Waals surface area contributed by atoms with Gasteiger partial charge in [0.1, 0.15) is 0 Å². The molecule has 8 nitrogen and oxygen atoms in total. The molecule has 1 N–H and O–H groups in total. The van der Waals surface area contributed by atoms with E-state index in [4.69, 9.17) is 4.74 Å². The molecule has 11 heteroatoms. The van der Waals surface area contributed by atoms with Crippen molar-refractivity contribution in [3.8, 4) is 0 Å². The Balaban J connectivity index is 1.45. The number of fused-ring (bicyclic) bond motifs is 2. The van der Waals surface area contributed by atoms with Crippen LogP contribution in [0.5, 0.6) is 0 Å². The standard InChI is InChI=1S/C25H17F2NO7S/c1-13(35-24(32)14-6-9-16(10-7-14)36(33,34)25(26)27)23(31)28-15-8-11-19-20(12-15)22(30)18-5-3-2-4-17(18)21(19)29/h2-13,25H,1H3,(H,28,31). The highest BCUT2D eigenvalue weighted by Gasteiger charge is 2.30. The lowest BCUT2D eigenvalue weighted by Gasteiger charge is -2.19. The van der Waals surface area contributed by atoms with Crippen LogP contribution in [0.15, 0.2) is 71.6 Å². The van der Waals surface area contributed by atoms with Gasteiger partial charge in [0.2, 0.25) is 9.84 Å². The van der Waals surface area contributed by atoms with Crippen LogP contribution in [-0.2, 0) is 19.4 Å². The number of carbonyl (C=O) groups excluding carboxylic acids is 4. The minimum Gasteiger partial charge on any atom is -0.449 e. The van der Waals surface area contributed by atoms with Gasteiger partial charge in [-0.2, -0.15) is 8.78 Å². The van der Waals surface area contributed by atoms with Crippen molar-refractivity contribution in [1.29, 1.82) is 0 Å². The fourth-order valence-electron chi connectivity index (χ4n) is 3.59. The zero-order valence-corrected chi connectivity index (χ0v) is 19.3. The van der Waals surface area contributed by atoms with Gasteiger partial charge in [-0.05, 0) is 49.4 Å². The third-order valence-electron chi connectivity index (χ3n) is 5.50. The molecule has 3 aromatic carbocycles. The molecule has 1 amide bonds. The Kier molecular flexibility index (Phi) is 6.51. The van der Waals surface area contributed by atoms with Gasteiger partial charge >= 0.3 is 11.7 Å². The summed E-state index contributed by atoms with van der Waals surface area (Å²) in [6.07, 6.45) is -1.31. The summed E-state index contributed by atoms with van der Waals surface area (Å²) in [4.78, 5) is 49.7. The molecular formula is C25H17F2NO7S.